The van der Waals surface area contributed by atoms with Crippen molar-refractivity contribution in [3.8, 4) is 17.1 Å². The standard InChI is InChI=1S/C15H19ClN2O4/c1-10(2)21-13-5-4-11(8-12(13)16)15-17-14(22-18-15)9-20-7-6-19-3/h4-5,8,10H,6-7,9H2,1-3H3. The molecule has 0 atom stereocenters. The Labute approximate surface area is 134 Å². The monoisotopic (exact) mass is 326 g/mol. The van der Waals surface area contributed by atoms with E-state index in [2.05, 4.69) is 10.1 Å². The topological polar surface area (TPSA) is 66.6 Å². The van der Waals surface area contributed by atoms with E-state index in [9.17, 15) is 0 Å². The molecule has 0 spiro atoms. The van der Waals surface area contributed by atoms with Crippen LogP contribution >= 0.6 is 11.6 Å². The Morgan fingerprint density at radius 2 is 2.09 bits per heavy atom. The summed E-state index contributed by atoms with van der Waals surface area (Å²) in [5, 5.41) is 4.43. The molecule has 2 aromatic rings. The van der Waals surface area contributed by atoms with Gasteiger partial charge in [0.05, 0.1) is 24.3 Å². The first kappa shape index (κ1) is 16.7. The van der Waals surface area contributed by atoms with Crippen molar-refractivity contribution >= 4 is 11.6 Å². The molecule has 0 N–H and O–H groups in total. The summed E-state index contributed by atoms with van der Waals surface area (Å²) >= 11 is 6.20. The van der Waals surface area contributed by atoms with Crippen LogP contribution in [0.4, 0.5) is 0 Å². The van der Waals surface area contributed by atoms with Gasteiger partial charge in [-0.25, -0.2) is 0 Å². The molecule has 1 aromatic heterocycles. The van der Waals surface area contributed by atoms with Crippen LogP contribution in [0, 0.1) is 0 Å². The van der Waals surface area contributed by atoms with Gasteiger partial charge in [-0.2, -0.15) is 4.98 Å². The van der Waals surface area contributed by atoms with Crippen LogP contribution in [0.2, 0.25) is 5.02 Å². The number of nitrogens with zero attached hydrogens (tertiary/aromatic N) is 2. The second-order valence-electron chi connectivity index (χ2n) is 4.87. The third kappa shape index (κ3) is 4.69. The average molecular weight is 327 g/mol. The molecule has 22 heavy (non-hydrogen) atoms. The van der Waals surface area contributed by atoms with Gasteiger partial charge in [0.1, 0.15) is 12.4 Å². The number of hydrogen-bond acceptors (Lipinski definition) is 6. The lowest BCUT2D eigenvalue weighted by molar-refractivity contribution is 0.0494. The maximum atomic E-state index is 6.20. The molecular weight excluding hydrogens is 308 g/mol. The van der Waals surface area contributed by atoms with Crippen LogP contribution in [0.3, 0.4) is 0 Å². The Bertz CT molecular complexity index is 601. The Hall–Kier alpha value is -1.63. The molecule has 0 amide bonds. The second kappa shape index (κ2) is 8.12. The third-order valence-electron chi connectivity index (χ3n) is 2.68. The second-order valence-corrected chi connectivity index (χ2v) is 5.28. The highest BCUT2D eigenvalue weighted by Crippen LogP contribution is 2.30. The maximum Gasteiger partial charge on any atom is 0.252 e. The minimum Gasteiger partial charge on any atom is -0.489 e. The van der Waals surface area contributed by atoms with Gasteiger partial charge in [-0.3, -0.25) is 0 Å². The number of methoxy groups -OCH3 is 1. The minimum atomic E-state index is 0.0596. The van der Waals surface area contributed by atoms with Crippen LogP contribution < -0.4 is 4.74 Å². The van der Waals surface area contributed by atoms with E-state index in [0.717, 1.165) is 5.56 Å². The Morgan fingerprint density at radius 1 is 1.27 bits per heavy atom. The summed E-state index contributed by atoms with van der Waals surface area (Å²) in [7, 11) is 1.62. The predicted octanol–water partition coefficient (Wildman–Crippen LogP) is 3.34. The SMILES string of the molecule is COCCOCc1nc(-c2ccc(OC(C)C)c(Cl)c2)no1. The number of rotatable bonds is 8. The van der Waals surface area contributed by atoms with Crippen LogP contribution in [-0.2, 0) is 16.1 Å². The summed E-state index contributed by atoms with van der Waals surface area (Å²) in [5.41, 5.74) is 0.757. The zero-order chi connectivity index (χ0) is 15.9. The van der Waals surface area contributed by atoms with Crippen LogP contribution in [-0.4, -0.2) is 36.6 Å². The maximum absolute atomic E-state index is 6.20. The van der Waals surface area contributed by atoms with Gasteiger partial charge >= 0.3 is 0 Å². The van der Waals surface area contributed by atoms with Crippen molar-refractivity contribution in [2.45, 2.75) is 26.6 Å². The summed E-state index contributed by atoms with van der Waals surface area (Å²) in [6.45, 7) is 5.13. The molecule has 0 unspecified atom stereocenters. The van der Waals surface area contributed by atoms with Gasteiger partial charge in [0.2, 0.25) is 5.82 Å². The molecule has 1 aromatic carbocycles. The molecule has 0 radical (unpaired) electrons. The van der Waals surface area contributed by atoms with Crippen molar-refractivity contribution < 1.29 is 18.7 Å². The average Bonchev–Trinajstić information content (AvgIpc) is 2.94. The van der Waals surface area contributed by atoms with Crippen molar-refractivity contribution in [1.82, 2.24) is 10.1 Å². The lowest BCUT2D eigenvalue weighted by atomic mass is 10.2. The number of ether oxygens (including phenoxy) is 3. The van der Waals surface area contributed by atoms with Crippen LogP contribution in [0.5, 0.6) is 5.75 Å². The smallest absolute Gasteiger partial charge is 0.252 e. The summed E-state index contributed by atoms with van der Waals surface area (Å²) in [6.07, 6.45) is 0.0596. The zero-order valence-corrected chi connectivity index (χ0v) is 13.6. The van der Waals surface area contributed by atoms with Crippen molar-refractivity contribution in [3.05, 3.63) is 29.1 Å². The molecule has 0 aliphatic heterocycles. The molecule has 0 saturated heterocycles. The fraction of sp³-hybridized carbons (Fsp3) is 0.467. The van der Waals surface area contributed by atoms with E-state index in [1.807, 2.05) is 19.9 Å². The van der Waals surface area contributed by atoms with Gasteiger partial charge < -0.3 is 18.7 Å². The van der Waals surface area contributed by atoms with E-state index in [1.54, 1.807) is 19.2 Å². The van der Waals surface area contributed by atoms with Crippen LogP contribution in [0.1, 0.15) is 19.7 Å². The Morgan fingerprint density at radius 3 is 2.77 bits per heavy atom. The molecule has 0 aliphatic carbocycles. The van der Waals surface area contributed by atoms with Gasteiger partial charge in [0, 0.05) is 12.7 Å². The summed E-state index contributed by atoms with van der Waals surface area (Å²) < 4.78 is 20.9. The number of aromatic nitrogens is 2. The van der Waals surface area contributed by atoms with Crippen molar-refractivity contribution in [2.75, 3.05) is 20.3 Å². The molecule has 0 bridgehead atoms. The zero-order valence-electron chi connectivity index (χ0n) is 12.8. The van der Waals surface area contributed by atoms with E-state index in [4.69, 9.17) is 30.3 Å². The van der Waals surface area contributed by atoms with Gasteiger partial charge in [0.25, 0.3) is 5.89 Å². The number of benzene rings is 1. The van der Waals surface area contributed by atoms with Gasteiger partial charge in [-0.05, 0) is 32.0 Å². The Balaban J connectivity index is 2.02. The number of hydrogen-bond donors (Lipinski definition) is 0. The molecule has 120 valence electrons. The molecule has 0 aliphatic rings. The summed E-state index contributed by atoms with van der Waals surface area (Å²) in [5.74, 6) is 1.50. The minimum absolute atomic E-state index is 0.0596. The van der Waals surface area contributed by atoms with E-state index in [1.165, 1.54) is 0 Å². The normalized spacial score (nSPS) is 11.1. The van der Waals surface area contributed by atoms with Gasteiger partial charge in [0.15, 0.2) is 0 Å². The van der Waals surface area contributed by atoms with E-state index in [0.29, 0.717) is 35.7 Å². The molecule has 6 nitrogen and oxygen atoms in total. The fourth-order valence-corrected chi connectivity index (χ4v) is 1.95. The lowest BCUT2D eigenvalue weighted by Crippen LogP contribution is -2.05. The van der Waals surface area contributed by atoms with E-state index in [-0.39, 0.29) is 12.7 Å². The number of halogens is 1. The highest BCUT2D eigenvalue weighted by Gasteiger charge is 2.12. The van der Waals surface area contributed by atoms with Gasteiger partial charge in [-0.15, -0.1) is 0 Å². The largest absolute Gasteiger partial charge is 0.489 e. The lowest BCUT2D eigenvalue weighted by Gasteiger charge is -2.11. The first-order valence-electron chi connectivity index (χ1n) is 6.96. The predicted molar refractivity (Wildman–Crippen MR) is 82.0 cm³/mol. The fourth-order valence-electron chi connectivity index (χ4n) is 1.72. The molecule has 0 fully saturated rings. The highest BCUT2D eigenvalue weighted by atomic mass is 35.5. The van der Waals surface area contributed by atoms with Crippen molar-refractivity contribution in [2.24, 2.45) is 0 Å². The highest BCUT2D eigenvalue weighted by molar-refractivity contribution is 6.32. The van der Waals surface area contributed by atoms with E-state index >= 15 is 0 Å². The quantitative estimate of drug-likeness (QED) is 0.693. The van der Waals surface area contributed by atoms with Crippen molar-refractivity contribution in [3.63, 3.8) is 0 Å². The van der Waals surface area contributed by atoms with E-state index < -0.39 is 0 Å². The van der Waals surface area contributed by atoms with Crippen LogP contribution in [0.15, 0.2) is 22.7 Å². The molecular formula is C15H19ClN2O4. The molecule has 2 rings (SSSR count). The van der Waals surface area contributed by atoms with Gasteiger partial charge in [-0.1, -0.05) is 16.8 Å². The molecule has 0 saturated carbocycles. The first-order chi connectivity index (χ1) is 10.6. The Kier molecular flexibility index (Phi) is 6.18. The summed E-state index contributed by atoms with van der Waals surface area (Å²) in [6, 6.07) is 5.38. The van der Waals surface area contributed by atoms with Crippen LogP contribution in [0.25, 0.3) is 11.4 Å². The molecule has 1 heterocycles. The summed E-state index contributed by atoms with van der Waals surface area (Å²) in [4.78, 5) is 4.27. The van der Waals surface area contributed by atoms with Crippen molar-refractivity contribution in [1.29, 1.82) is 0 Å². The third-order valence-corrected chi connectivity index (χ3v) is 2.97. The molecule has 7 heteroatoms. The first-order valence-corrected chi connectivity index (χ1v) is 7.33.